The van der Waals surface area contributed by atoms with Crippen molar-refractivity contribution in [1.29, 1.82) is 0 Å². The van der Waals surface area contributed by atoms with Crippen LogP contribution in [0.3, 0.4) is 0 Å². The van der Waals surface area contributed by atoms with Crippen molar-refractivity contribution < 1.29 is 8.78 Å². The molecule has 1 aromatic heterocycles. The van der Waals surface area contributed by atoms with Gasteiger partial charge < -0.3 is 10.2 Å². The second-order valence-corrected chi connectivity index (χ2v) is 6.54. The first-order chi connectivity index (χ1) is 11.1. The van der Waals surface area contributed by atoms with Crippen LogP contribution in [0.5, 0.6) is 0 Å². The zero-order valence-corrected chi connectivity index (χ0v) is 16.6. The molecule has 1 N–H and O–H groups in total. The van der Waals surface area contributed by atoms with E-state index in [4.69, 9.17) is 0 Å². The molecule has 3 rings (SSSR count). The van der Waals surface area contributed by atoms with Crippen LogP contribution < -0.4 is 5.32 Å². The van der Waals surface area contributed by atoms with Crippen molar-refractivity contribution in [3.63, 3.8) is 0 Å². The van der Waals surface area contributed by atoms with Crippen LogP contribution in [0.4, 0.5) is 8.78 Å². The number of benzene rings is 1. The number of nitrogens with zero attached hydrogens (tertiary/aromatic N) is 2. The molecule has 1 aliphatic carbocycles. The molecule has 3 nitrogen and oxygen atoms in total. The minimum Gasteiger partial charge on any atom is -0.353 e. The highest BCUT2D eigenvalue weighted by Crippen LogP contribution is 2.43. The van der Waals surface area contributed by atoms with Gasteiger partial charge in [0.25, 0.3) is 0 Å². The molecule has 1 saturated carbocycles. The van der Waals surface area contributed by atoms with E-state index in [1.165, 1.54) is 23.8 Å². The first-order valence-electron chi connectivity index (χ1n) is 7.49. The Kier molecular flexibility index (Phi) is 6.56. The molecule has 1 fully saturated rings. The van der Waals surface area contributed by atoms with E-state index in [9.17, 15) is 8.78 Å². The Morgan fingerprint density at radius 3 is 2.62 bits per heavy atom. The second-order valence-electron chi connectivity index (χ2n) is 5.76. The number of hydrogen-bond acceptors (Lipinski definition) is 2. The Hall–Kier alpha value is -1.22. The lowest BCUT2D eigenvalue weighted by molar-refractivity contribution is 0.475. The van der Waals surface area contributed by atoms with Crippen LogP contribution in [0.15, 0.2) is 40.0 Å². The highest BCUT2D eigenvalue weighted by Gasteiger charge is 2.42. The lowest BCUT2D eigenvalue weighted by Crippen LogP contribution is -2.40. The van der Waals surface area contributed by atoms with Crippen molar-refractivity contribution in [3.8, 4) is 0 Å². The lowest BCUT2D eigenvalue weighted by atomic mass is 10.1. The Balaban J connectivity index is 0.00000208. The van der Waals surface area contributed by atoms with Gasteiger partial charge in [0.15, 0.2) is 5.96 Å². The van der Waals surface area contributed by atoms with Gasteiger partial charge in [-0.1, -0.05) is 6.07 Å². The summed E-state index contributed by atoms with van der Waals surface area (Å²) in [4.78, 5) is 6.28. The summed E-state index contributed by atoms with van der Waals surface area (Å²) in [6.45, 7) is 0.745. The third kappa shape index (κ3) is 4.24. The van der Waals surface area contributed by atoms with E-state index in [0.29, 0.717) is 6.42 Å². The van der Waals surface area contributed by atoms with Crippen LogP contribution in [-0.2, 0) is 6.54 Å². The minimum absolute atomic E-state index is 0. The fourth-order valence-corrected chi connectivity index (χ4v) is 3.44. The Bertz CT molecular complexity index is 686. The van der Waals surface area contributed by atoms with E-state index >= 15 is 0 Å². The monoisotopic (exact) mass is 463 g/mol. The first-order valence-corrected chi connectivity index (χ1v) is 8.44. The number of thiophene rings is 1. The van der Waals surface area contributed by atoms with Crippen molar-refractivity contribution >= 4 is 41.3 Å². The summed E-state index contributed by atoms with van der Waals surface area (Å²) in [5, 5.41) is 7.44. The predicted molar refractivity (Wildman–Crippen MR) is 105 cm³/mol. The summed E-state index contributed by atoms with van der Waals surface area (Å²) >= 11 is 1.66. The molecular formula is C17H20F2IN3S. The van der Waals surface area contributed by atoms with Gasteiger partial charge in [-0.05, 0) is 40.9 Å². The SMILES string of the molecule is CN=C(NC1CC1c1c(F)cccc1F)N(C)Cc1ccsc1.I. The molecule has 0 spiro atoms. The number of halogens is 3. The van der Waals surface area contributed by atoms with E-state index in [0.717, 1.165) is 12.5 Å². The van der Waals surface area contributed by atoms with E-state index < -0.39 is 11.6 Å². The maximum absolute atomic E-state index is 13.8. The molecule has 0 bridgehead atoms. The number of hydrogen-bond donors (Lipinski definition) is 1. The lowest BCUT2D eigenvalue weighted by Gasteiger charge is -2.22. The summed E-state index contributed by atoms with van der Waals surface area (Å²) in [7, 11) is 3.67. The number of rotatable bonds is 4. The van der Waals surface area contributed by atoms with Crippen molar-refractivity contribution in [2.75, 3.05) is 14.1 Å². The Morgan fingerprint density at radius 1 is 1.33 bits per heavy atom. The molecule has 24 heavy (non-hydrogen) atoms. The van der Waals surface area contributed by atoms with Crippen molar-refractivity contribution in [2.45, 2.75) is 24.9 Å². The van der Waals surface area contributed by atoms with Crippen molar-refractivity contribution in [3.05, 3.63) is 57.8 Å². The predicted octanol–water partition coefficient (Wildman–Crippen LogP) is 4.21. The highest BCUT2D eigenvalue weighted by atomic mass is 127. The van der Waals surface area contributed by atoms with Crippen LogP contribution in [0.2, 0.25) is 0 Å². The van der Waals surface area contributed by atoms with Gasteiger partial charge in [0.2, 0.25) is 0 Å². The summed E-state index contributed by atoms with van der Waals surface area (Å²) in [5.74, 6) is -0.343. The molecule has 0 radical (unpaired) electrons. The third-order valence-corrected chi connectivity index (χ3v) is 4.78. The zero-order valence-electron chi connectivity index (χ0n) is 13.5. The van der Waals surface area contributed by atoms with Crippen molar-refractivity contribution in [2.24, 2.45) is 4.99 Å². The van der Waals surface area contributed by atoms with Crippen LogP contribution in [0.1, 0.15) is 23.5 Å². The zero-order chi connectivity index (χ0) is 16.4. The minimum atomic E-state index is -0.471. The van der Waals surface area contributed by atoms with E-state index in [1.54, 1.807) is 18.4 Å². The molecule has 7 heteroatoms. The Morgan fingerprint density at radius 2 is 2.04 bits per heavy atom. The van der Waals surface area contributed by atoms with Gasteiger partial charge in [-0.15, -0.1) is 24.0 Å². The molecule has 0 saturated heterocycles. The maximum atomic E-state index is 13.8. The van der Waals surface area contributed by atoms with Gasteiger partial charge in [-0.2, -0.15) is 11.3 Å². The number of aliphatic imine (C=N–C) groups is 1. The maximum Gasteiger partial charge on any atom is 0.193 e. The van der Waals surface area contributed by atoms with E-state index in [-0.39, 0.29) is 41.5 Å². The fraction of sp³-hybridized carbons (Fsp3) is 0.353. The van der Waals surface area contributed by atoms with Gasteiger partial charge in [0.05, 0.1) is 0 Å². The van der Waals surface area contributed by atoms with Crippen LogP contribution >= 0.6 is 35.3 Å². The molecule has 2 unspecified atom stereocenters. The molecule has 0 aliphatic heterocycles. The summed E-state index contributed by atoms with van der Waals surface area (Å²) < 4.78 is 27.7. The normalized spacial score (nSPS) is 19.6. The molecule has 2 aromatic rings. The van der Waals surface area contributed by atoms with Crippen LogP contribution in [-0.4, -0.2) is 31.0 Å². The average molecular weight is 463 g/mol. The van der Waals surface area contributed by atoms with Crippen LogP contribution in [0.25, 0.3) is 0 Å². The molecule has 2 atom stereocenters. The molecule has 1 aromatic carbocycles. The molecule has 0 amide bonds. The van der Waals surface area contributed by atoms with Gasteiger partial charge in [-0.3, -0.25) is 4.99 Å². The average Bonchev–Trinajstić information content (AvgIpc) is 3.06. The van der Waals surface area contributed by atoms with Crippen molar-refractivity contribution in [1.82, 2.24) is 10.2 Å². The first kappa shape index (κ1) is 19.1. The van der Waals surface area contributed by atoms with Gasteiger partial charge in [0, 0.05) is 38.2 Å². The van der Waals surface area contributed by atoms with E-state index in [1.807, 2.05) is 17.3 Å². The van der Waals surface area contributed by atoms with Crippen LogP contribution in [0, 0.1) is 11.6 Å². The fourth-order valence-electron chi connectivity index (χ4n) is 2.78. The summed E-state index contributed by atoms with van der Waals surface area (Å²) in [5.41, 5.74) is 1.40. The topological polar surface area (TPSA) is 27.6 Å². The summed E-state index contributed by atoms with van der Waals surface area (Å²) in [6, 6.07) is 6.11. The highest BCUT2D eigenvalue weighted by molar-refractivity contribution is 14.0. The standard InChI is InChI=1S/C17H19F2N3S.HI/c1-20-17(22(2)9-11-6-7-23-10-11)21-15-8-12(15)16-13(18)4-3-5-14(16)19;/h3-7,10,12,15H,8-9H2,1-2H3,(H,20,21);1H. The van der Waals surface area contributed by atoms with Gasteiger partial charge in [0.1, 0.15) is 11.6 Å². The molecule has 1 aliphatic rings. The molecular weight excluding hydrogens is 443 g/mol. The van der Waals surface area contributed by atoms with E-state index in [2.05, 4.69) is 21.8 Å². The molecule has 130 valence electrons. The quantitative estimate of drug-likeness (QED) is 0.418. The second kappa shape index (κ2) is 8.24. The Labute approximate surface area is 161 Å². The molecule has 1 heterocycles. The number of guanidine groups is 1. The third-order valence-electron chi connectivity index (χ3n) is 4.05. The largest absolute Gasteiger partial charge is 0.353 e. The summed E-state index contributed by atoms with van der Waals surface area (Å²) in [6.07, 6.45) is 0.711. The number of nitrogens with one attached hydrogen (secondary N) is 1. The smallest absolute Gasteiger partial charge is 0.193 e. The van der Waals surface area contributed by atoms with Gasteiger partial charge >= 0.3 is 0 Å². The van der Waals surface area contributed by atoms with Gasteiger partial charge in [-0.25, -0.2) is 8.78 Å².